The van der Waals surface area contributed by atoms with E-state index in [-0.39, 0.29) is 11.2 Å². The van der Waals surface area contributed by atoms with Crippen LogP contribution in [0.5, 0.6) is 0 Å². The largest absolute Gasteiger partial charge is 0.325 e. The van der Waals surface area contributed by atoms with Gasteiger partial charge in [-0.25, -0.2) is 9.97 Å². The third-order valence-corrected chi connectivity index (χ3v) is 7.17. The third kappa shape index (κ3) is 4.17. The molecule has 0 fully saturated rings. The molecule has 1 aromatic carbocycles. The van der Waals surface area contributed by atoms with Crippen molar-refractivity contribution in [3.8, 4) is 0 Å². The number of carbonyl (C=O) groups excluding carboxylic acids is 1. The average Bonchev–Trinajstić information content (AvgIpc) is 2.96. The van der Waals surface area contributed by atoms with Crippen molar-refractivity contribution >= 4 is 44.9 Å². The number of aromatic nitrogens is 2. The van der Waals surface area contributed by atoms with E-state index in [1.165, 1.54) is 27.8 Å². The van der Waals surface area contributed by atoms with Crippen LogP contribution in [-0.4, -0.2) is 21.1 Å². The fourth-order valence-electron chi connectivity index (χ4n) is 2.96. The molecular formula is C21H25N3OS2. The second kappa shape index (κ2) is 8.40. The van der Waals surface area contributed by atoms with E-state index in [2.05, 4.69) is 49.0 Å². The van der Waals surface area contributed by atoms with Crippen molar-refractivity contribution in [2.75, 3.05) is 5.32 Å². The van der Waals surface area contributed by atoms with Gasteiger partial charge in [0, 0.05) is 16.0 Å². The molecule has 0 aliphatic heterocycles. The van der Waals surface area contributed by atoms with Crippen molar-refractivity contribution in [2.45, 2.75) is 57.2 Å². The topological polar surface area (TPSA) is 54.9 Å². The number of nitrogens with one attached hydrogen (secondary N) is 1. The van der Waals surface area contributed by atoms with Crippen LogP contribution in [0.15, 0.2) is 35.6 Å². The number of aryl methyl sites for hydroxylation is 2. The van der Waals surface area contributed by atoms with Crippen molar-refractivity contribution in [1.82, 2.24) is 9.97 Å². The number of benzene rings is 1. The molecule has 0 bridgehead atoms. The number of para-hydroxylation sites is 1. The van der Waals surface area contributed by atoms with E-state index < -0.39 is 0 Å². The van der Waals surface area contributed by atoms with Gasteiger partial charge in [0.1, 0.15) is 16.2 Å². The Balaban J connectivity index is 1.80. The highest BCUT2D eigenvalue weighted by Crippen LogP contribution is 2.36. The van der Waals surface area contributed by atoms with Crippen LogP contribution in [-0.2, 0) is 4.79 Å². The lowest BCUT2D eigenvalue weighted by molar-refractivity contribution is -0.115. The maximum Gasteiger partial charge on any atom is 0.237 e. The molecule has 1 N–H and O–H groups in total. The lowest BCUT2D eigenvalue weighted by Crippen LogP contribution is -2.23. The van der Waals surface area contributed by atoms with E-state index in [0.717, 1.165) is 27.4 Å². The molecule has 0 saturated heterocycles. The summed E-state index contributed by atoms with van der Waals surface area (Å²) in [5.41, 5.74) is 3.28. The van der Waals surface area contributed by atoms with Gasteiger partial charge in [-0.2, -0.15) is 0 Å². The number of thiophene rings is 1. The summed E-state index contributed by atoms with van der Waals surface area (Å²) in [4.78, 5) is 23.9. The zero-order chi connectivity index (χ0) is 19.6. The number of hydrogen-bond donors (Lipinski definition) is 1. The number of anilines is 1. The number of fused-ring (bicyclic) bond motifs is 1. The summed E-state index contributed by atoms with van der Waals surface area (Å²) in [6.45, 7) is 10.5. The van der Waals surface area contributed by atoms with Gasteiger partial charge in [-0.15, -0.1) is 11.3 Å². The zero-order valence-corrected chi connectivity index (χ0v) is 18.0. The first kappa shape index (κ1) is 19.8. The first-order valence-corrected chi connectivity index (χ1v) is 10.9. The van der Waals surface area contributed by atoms with Crippen LogP contribution in [0, 0.1) is 13.8 Å². The average molecular weight is 400 g/mol. The molecule has 0 spiro atoms. The molecule has 2 heterocycles. The van der Waals surface area contributed by atoms with Crippen LogP contribution in [0.1, 0.15) is 49.1 Å². The van der Waals surface area contributed by atoms with Gasteiger partial charge < -0.3 is 5.32 Å². The van der Waals surface area contributed by atoms with Crippen LogP contribution in [0.25, 0.3) is 10.2 Å². The molecule has 0 radical (unpaired) electrons. The van der Waals surface area contributed by atoms with Gasteiger partial charge in [0.15, 0.2) is 0 Å². The molecule has 2 aromatic heterocycles. The van der Waals surface area contributed by atoms with E-state index in [1.807, 2.05) is 25.1 Å². The highest BCUT2D eigenvalue weighted by molar-refractivity contribution is 8.00. The number of hydrogen-bond acceptors (Lipinski definition) is 5. The smallest absolute Gasteiger partial charge is 0.237 e. The zero-order valence-electron chi connectivity index (χ0n) is 16.4. The molecule has 4 nitrogen and oxygen atoms in total. The second-order valence-electron chi connectivity index (χ2n) is 6.79. The van der Waals surface area contributed by atoms with E-state index in [0.29, 0.717) is 5.92 Å². The van der Waals surface area contributed by atoms with Gasteiger partial charge in [-0.1, -0.05) is 43.8 Å². The van der Waals surface area contributed by atoms with Crippen molar-refractivity contribution in [3.63, 3.8) is 0 Å². The highest BCUT2D eigenvalue weighted by atomic mass is 32.2. The number of carbonyl (C=O) groups is 1. The first-order chi connectivity index (χ1) is 12.9. The molecule has 6 heteroatoms. The number of amides is 1. The third-order valence-electron chi connectivity index (χ3n) is 4.95. The SMILES string of the molecule is CC[C@@H](C)c1ccccc1NC(=O)[C@H](C)Sc1ncnc2sc(C)c(C)c12. The van der Waals surface area contributed by atoms with Gasteiger partial charge in [-0.3, -0.25) is 4.79 Å². The highest BCUT2D eigenvalue weighted by Gasteiger charge is 2.20. The monoisotopic (exact) mass is 399 g/mol. The minimum Gasteiger partial charge on any atom is -0.325 e. The lowest BCUT2D eigenvalue weighted by atomic mass is 9.97. The maximum atomic E-state index is 12.8. The normalized spacial score (nSPS) is 13.5. The summed E-state index contributed by atoms with van der Waals surface area (Å²) in [6, 6.07) is 8.05. The number of rotatable bonds is 6. The standard InChI is InChI=1S/C21H25N3OS2/c1-6-12(2)16-9-7-8-10-17(16)24-19(25)15(5)27-21-18-13(3)14(4)26-20(18)22-11-23-21/h7-12,15H,6H2,1-5H3,(H,24,25)/t12-,15+/m1/s1. The molecule has 0 aliphatic rings. The summed E-state index contributed by atoms with van der Waals surface area (Å²) >= 11 is 3.17. The second-order valence-corrected chi connectivity index (χ2v) is 9.32. The fourth-order valence-corrected chi connectivity index (χ4v) is 4.99. The minimum atomic E-state index is -0.257. The molecular weight excluding hydrogens is 374 g/mol. The maximum absolute atomic E-state index is 12.8. The van der Waals surface area contributed by atoms with Crippen molar-refractivity contribution in [3.05, 3.63) is 46.6 Å². The summed E-state index contributed by atoms with van der Waals surface area (Å²) in [5.74, 6) is 0.398. The molecule has 0 aliphatic carbocycles. The Bertz CT molecular complexity index is 967. The Kier molecular flexibility index (Phi) is 6.17. The molecule has 27 heavy (non-hydrogen) atoms. The Labute approximate surface area is 168 Å². The predicted octanol–water partition coefficient (Wildman–Crippen LogP) is 5.94. The van der Waals surface area contributed by atoms with Crippen molar-refractivity contribution in [2.24, 2.45) is 0 Å². The Morgan fingerprint density at radius 3 is 2.70 bits per heavy atom. The Morgan fingerprint density at radius 2 is 1.96 bits per heavy atom. The van der Waals surface area contributed by atoms with Crippen LogP contribution in [0.3, 0.4) is 0 Å². The predicted molar refractivity (Wildman–Crippen MR) is 116 cm³/mol. The first-order valence-electron chi connectivity index (χ1n) is 9.19. The van der Waals surface area contributed by atoms with E-state index >= 15 is 0 Å². The molecule has 0 saturated carbocycles. The molecule has 1 amide bonds. The van der Waals surface area contributed by atoms with Crippen molar-refractivity contribution < 1.29 is 4.79 Å². The fraction of sp³-hybridized carbons (Fsp3) is 0.381. The summed E-state index contributed by atoms with van der Waals surface area (Å²) in [6.07, 6.45) is 2.62. The summed E-state index contributed by atoms with van der Waals surface area (Å²) in [7, 11) is 0. The Morgan fingerprint density at radius 1 is 1.22 bits per heavy atom. The van der Waals surface area contributed by atoms with Gasteiger partial charge in [0.25, 0.3) is 0 Å². The lowest BCUT2D eigenvalue weighted by Gasteiger charge is -2.17. The quantitative estimate of drug-likeness (QED) is 0.411. The van der Waals surface area contributed by atoms with Crippen LogP contribution >= 0.6 is 23.1 Å². The molecule has 3 rings (SSSR count). The van der Waals surface area contributed by atoms with Gasteiger partial charge in [-0.05, 0) is 50.3 Å². The molecule has 3 aromatic rings. The minimum absolute atomic E-state index is 0.00730. The molecule has 2 atom stereocenters. The number of thioether (sulfide) groups is 1. The van der Waals surface area contributed by atoms with Crippen LogP contribution in [0.2, 0.25) is 0 Å². The molecule has 0 unspecified atom stereocenters. The summed E-state index contributed by atoms with van der Waals surface area (Å²) in [5, 5.41) is 4.80. The molecule has 142 valence electrons. The van der Waals surface area contributed by atoms with Crippen molar-refractivity contribution in [1.29, 1.82) is 0 Å². The van der Waals surface area contributed by atoms with Gasteiger partial charge in [0.2, 0.25) is 5.91 Å². The van der Waals surface area contributed by atoms with E-state index in [9.17, 15) is 4.79 Å². The van der Waals surface area contributed by atoms with Gasteiger partial charge >= 0.3 is 0 Å². The van der Waals surface area contributed by atoms with Gasteiger partial charge in [0.05, 0.1) is 5.25 Å². The van der Waals surface area contributed by atoms with E-state index in [4.69, 9.17) is 0 Å². The summed E-state index contributed by atoms with van der Waals surface area (Å²) < 4.78 is 0. The Hall–Kier alpha value is -1.92. The van der Waals surface area contributed by atoms with E-state index in [1.54, 1.807) is 17.7 Å². The van der Waals surface area contributed by atoms with Crippen LogP contribution < -0.4 is 5.32 Å². The number of nitrogens with zero attached hydrogens (tertiary/aromatic N) is 2. The van der Waals surface area contributed by atoms with Crippen LogP contribution in [0.4, 0.5) is 5.69 Å².